The Morgan fingerprint density at radius 1 is 1.50 bits per heavy atom. The first-order chi connectivity index (χ1) is 2.00. The van der Waals surface area contributed by atoms with E-state index in [9.17, 15) is 0 Å². The SMILES string of the molecule is NS(=O)(=O)O.[Zr]. The van der Waals surface area contributed by atoms with Crippen LogP contribution in [-0.2, 0) is 36.5 Å². The fraction of sp³-hybridized carbons (Fsp3) is 0. The molecule has 0 aromatic rings. The van der Waals surface area contributed by atoms with Crippen molar-refractivity contribution in [2.45, 2.75) is 0 Å². The summed E-state index contributed by atoms with van der Waals surface area (Å²) in [7, 11) is -4.17. The first kappa shape index (κ1) is 9.89. The standard InChI is InChI=1S/H3NO3S.Zr/c1-5(2,3)4;/h(H3,1,2,3,4);. The van der Waals surface area contributed by atoms with Crippen molar-refractivity contribution in [1.29, 1.82) is 0 Å². The van der Waals surface area contributed by atoms with E-state index in [1.807, 2.05) is 0 Å². The zero-order valence-electron chi connectivity index (χ0n) is 2.75. The zero-order valence-corrected chi connectivity index (χ0v) is 6.02. The Kier molecular flexibility index (Phi) is 4.70. The number of rotatable bonds is 0. The summed E-state index contributed by atoms with van der Waals surface area (Å²) in [6.07, 6.45) is 0. The van der Waals surface area contributed by atoms with Gasteiger partial charge in [0.2, 0.25) is 0 Å². The van der Waals surface area contributed by atoms with E-state index in [4.69, 9.17) is 13.0 Å². The predicted octanol–water partition coefficient (Wildman–Crippen LogP) is -1.25. The van der Waals surface area contributed by atoms with Crippen molar-refractivity contribution in [2.75, 3.05) is 0 Å². The smallest absolute Gasteiger partial charge is 0.274 e. The van der Waals surface area contributed by atoms with Gasteiger partial charge >= 0.3 is 10.3 Å². The summed E-state index contributed by atoms with van der Waals surface area (Å²) >= 11 is 0. The number of hydrogen-bond donors (Lipinski definition) is 2. The molecule has 0 radical (unpaired) electrons. The van der Waals surface area contributed by atoms with E-state index in [1.54, 1.807) is 0 Å². The maximum atomic E-state index is 8.97. The molecule has 0 spiro atoms. The summed E-state index contributed by atoms with van der Waals surface area (Å²) in [5.74, 6) is 0. The van der Waals surface area contributed by atoms with Gasteiger partial charge in [0, 0.05) is 26.2 Å². The minimum Gasteiger partial charge on any atom is -0.274 e. The van der Waals surface area contributed by atoms with Crippen molar-refractivity contribution in [3.63, 3.8) is 0 Å². The number of hydrogen-bond acceptors (Lipinski definition) is 2. The third-order valence-corrected chi connectivity index (χ3v) is 0. The Hall–Kier alpha value is 0.753. The minimum absolute atomic E-state index is 0. The summed E-state index contributed by atoms with van der Waals surface area (Å²) in [6.45, 7) is 0. The molecular weight excluding hydrogens is 185 g/mol. The van der Waals surface area contributed by atoms with Gasteiger partial charge in [0.15, 0.2) is 0 Å². The van der Waals surface area contributed by atoms with E-state index >= 15 is 0 Å². The molecule has 3 N–H and O–H groups in total. The fourth-order valence-corrected chi connectivity index (χ4v) is 0. The van der Waals surface area contributed by atoms with Gasteiger partial charge in [0.05, 0.1) is 0 Å². The van der Waals surface area contributed by atoms with Crippen molar-refractivity contribution >= 4 is 10.3 Å². The van der Waals surface area contributed by atoms with Crippen LogP contribution in [0.1, 0.15) is 0 Å². The molecule has 0 aliphatic heterocycles. The quantitative estimate of drug-likeness (QED) is 0.466. The molecule has 0 aromatic heterocycles. The van der Waals surface area contributed by atoms with Gasteiger partial charge in [-0.05, 0) is 0 Å². The average Bonchev–Trinajstić information content (AvgIpc) is 0.722. The van der Waals surface area contributed by atoms with Crippen LogP contribution >= 0.6 is 0 Å². The van der Waals surface area contributed by atoms with Gasteiger partial charge in [-0.2, -0.15) is 8.42 Å². The molecule has 0 aliphatic rings. The monoisotopic (exact) mass is 187 g/mol. The largest absolute Gasteiger partial charge is 0.330 e. The molecule has 0 saturated heterocycles. The molecule has 0 heterocycles. The molecule has 0 rings (SSSR count). The first-order valence-corrected chi connectivity index (χ1v) is 2.25. The fourth-order valence-electron chi connectivity index (χ4n) is 0. The molecule has 6 heteroatoms. The van der Waals surface area contributed by atoms with Crippen LogP contribution in [0.3, 0.4) is 0 Å². The van der Waals surface area contributed by atoms with Crippen LogP contribution in [0.15, 0.2) is 0 Å². The van der Waals surface area contributed by atoms with E-state index < -0.39 is 10.3 Å². The third-order valence-electron chi connectivity index (χ3n) is 0. The van der Waals surface area contributed by atoms with Crippen molar-refractivity contribution in [1.82, 2.24) is 0 Å². The topological polar surface area (TPSA) is 80.4 Å². The van der Waals surface area contributed by atoms with Crippen molar-refractivity contribution < 1.29 is 39.2 Å². The molecule has 0 saturated carbocycles. The van der Waals surface area contributed by atoms with E-state index in [-0.39, 0.29) is 26.2 Å². The number of nitrogens with two attached hydrogens (primary N) is 1. The van der Waals surface area contributed by atoms with Gasteiger partial charge in [-0.25, -0.2) is 5.14 Å². The first-order valence-electron chi connectivity index (χ1n) is 0.752. The molecular formula is H3NO3SZr. The second kappa shape index (κ2) is 2.85. The Bertz CT molecular complexity index is 94.0. The summed E-state index contributed by atoms with van der Waals surface area (Å²) in [5.41, 5.74) is 0. The van der Waals surface area contributed by atoms with E-state index in [0.29, 0.717) is 0 Å². The molecule has 4 nitrogen and oxygen atoms in total. The Morgan fingerprint density at radius 3 is 1.50 bits per heavy atom. The van der Waals surface area contributed by atoms with Gasteiger partial charge < -0.3 is 0 Å². The van der Waals surface area contributed by atoms with E-state index in [2.05, 4.69) is 5.14 Å². The molecule has 0 amide bonds. The van der Waals surface area contributed by atoms with Crippen LogP contribution in [0.25, 0.3) is 0 Å². The van der Waals surface area contributed by atoms with Gasteiger partial charge in [-0.15, -0.1) is 0 Å². The van der Waals surface area contributed by atoms with Gasteiger partial charge in [-0.1, -0.05) is 0 Å². The van der Waals surface area contributed by atoms with Crippen LogP contribution in [-0.4, -0.2) is 13.0 Å². The maximum Gasteiger partial charge on any atom is 0.330 e. The molecule has 0 aromatic carbocycles. The van der Waals surface area contributed by atoms with Gasteiger partial charge in [0.1, 0.15) is 0 Å². The Labute approximate surface area is 54.7 Å². The molecule has 0 atom stereocenters. The average molecular weight is 188 g/mol. The molecule has 0 fully saturated rings. The van der Waals surface area contributed by atoms with Crippen molar-refractivity contribution in [2.24, 2.45) is 5.14 Å². The van der Waals surface area contributed by atoms with Crippen LogP contribution in [0.2, 0.25) is 0 Å². The van der Waals surface area contributed by atoms with Gasteiger partial charge in [-0.3, -0.25) is 4.55 Å². The van der Waals surface area contributed by atoms with E-state index in [0.717, 1.165) is 0 Å². The zero-order chi connectivity index (χ0) is 4.50. The summed E-state index contributed by atoms with van der Waals surface area (Å²) in [5, 5.41) is 3.88. The van der Waals surface area contributed by atoms with Crippen LogP contribution < -0.4 is 5.14 Å². The van der Waals surface area contributed by atoms with Crippen molar-refractivity contribution in [3.05, 3.63) is 0 Å². The summed E-state index contributed by atoms with van der Waals surface area (Å²) < 4.78 is 25.2. The summed E-state index contributed by atoms with van der Waals surface area (Å²) in [4.78, 5) is 0. The predicted molar refractivity (Wildman–Crippen MR) is 15.7 cm³/mol. The van der Waals surface area contributed by atoms with Crippen LogP contribution in [0.4, 0.5) is 0 Å². The molecule has 0 bridgehead atoms. The second-order valence-electron chi connectivity index (χ2n) is 0.515. The maximum absolute atomic E-state index is 8.97. The minimum atomic E-state index is -4.17. The molecule has 0 unspecified atom stereocenters. The second-order valence-corrected chi connectivity index (χ2v) is 1.54. The van der Waals surface area contributed by atoms with Crippen molar-refractivity contribution in [3.8, 4) is 0 Å². The normalized spacial score (nSPS) is 9.67. The molecule has 36 valence electrons. The van der Waals surface area contributed by atoms with Crippen LogP contribution in [0.5, 0.6) is 0 Å². The third kappa shape index (κ3) is 118. The van der Waals surface area contributed by atoms with Gasteiger partial charge in [0.25, 0.3) is 0 Å². The molecule has 0 aliphatic carbocycles. The molecule has 6 heavy (non-hydrogen) atoms. The summed E-state index contributed by atoms with van der Waals surface area (Å²) in [6, 6.07) is 0. The van der Waals surface area contributed by atoms with Crippen LogP contribution in [0, 0.1) is 0 Å². The van der Waals surface area contributed by atoms with E-state index in [1.165, 1.54) is 0 Å². The Balaban J connectivity index is 0. The Morgan fingerprint density at radius 2 is 1.50 bits per heavy atom.